The van der Waals surface area contributed by atoms with Crippen molar-refractivity contribution in [2.24, 2.45) is 5.92 Å². The Hall–Kier alpha value is -0.840. The predicted octanol–water partition coefficient (Wildman–Crippen LogP) is -1.54. The number of carboxylic acids is 1. The topological polar surface area (TPSA) is 71.4 Å². The summed E-state index contributed by atoms with van der Waals surface area (Å²) in [5.74, 6) is -2.74. The molecule has 0 aliphatic carbocycles. The Kier molecular flexibility index (Phi) is 1.76. The Balaban J connectivity index is 2.82. The Morgan fingerprint density at radius 1 is 1.60 bits per heavy atom. The third-order valence-corrected chi connectivity index (χ3v) is 3.15. The molecule has 0 bridgehead atoms. The molecule has 58 valence electrons. The van der Waals surface area contributed by atoms with E-state index in [9.17, 15) is 14.4 Å². The Labute approximate surface area is 60.6 Å². The van der Waals surface area contributed by atoms with Crippen molar-refractivity contribution in [1.29, 1.82) is 0 Å². The maximum Gasteiger partial charge on any atom is 0.322 e. The summed E-state index contributed by atoms with van der Waals surface area (Å²) in [5, 5.41) is 8.01. The van der Waals surface area contributed by atoms with Crippen LogP contribution in [0.3, 0.4) is 0 Å². The molecular formula is C5H8O4S. The minimum atomic E-state index is -1.30. The van der Waals surface area contributed by atoms with Gasteiger partial charge in [-0.05, 0) is 0 Å². The fourth-order valence-corrected chi connectivity index (χ4v) is 2.46. The van der Waals surface area contributed by atoms with Gasteiger partial charge in [0.1, 0.15) is 0 Å². The van der Waals surface area contributed by atoms with Crippen molar-refractivity contribution in [2.75, 3.05) is 5.75 Å². The molecule has 0 aromatic rings. The van der Waals surface area contributed by atoms with Gasteiger partial charge in [-0.25, -0.2) is 0 Å². The first-order valence-corrected chi connectivity index (χ1v) is 4.62. The largest absolute Gasteiger partial charge is 0.480 e. The lowest BCUT2D eigenvalue weighted by molar-refractivity contribution is -0.147. The number of aliphatic carboxylic acids is 1. The van der Waals surface area contributed by atoms with E-state index < -0.39 is 29.4 Å². The molecule has 0 amide bonds. The molecule has 1 fully saturated rings. The maximum absolute atomic E-state index is 10.7. The lowest BCUT2D eigenvalue weighted by Gasteiger charge is -1.95. The standard InChI is InChI=1S/C5H8O4S/c6-2-1-10-5(9)3(2)4(7)8/h3H,1H2,10H4,(H,7,8). The number of hydrogen-bond donors (Lipinski definition) is 1. The van der Waals surface area contributed by atoms with Gasteiger partial charge in [-0.3, -0.25) is 26.1 Å². The quantitative estimate of drug-likeness (QED) is 0.477. The van der Waals surface area contributed by atoms with E-state index >= 15 is 0 Å². The lowest BCUT2D eigenvalue weighted by atomic mass is 10.1. The van der Waals surface area contributed by atoms with E-state index in [0.29, 0.717) is 0 Å². The molecule has 1 aliphatic rings. The fraction of sp³-hybridized carbons (Fsp3) is 0.400. The second-order valence-corrected chi connectivity index (χ2v) is 3.90. The van der Waals surface area contributed by atoms with Crippen LogP contribution in [0.4, 0.5) is 0 Å². The highest BCUT2D eigenvalue weighted by molar-refractivity contribution is 8.15. The van der Waals surface area contributed by atoms with Gasteiger partial charge >= 0.3 is 5.97 Å². The Morgan fingerprint density at radius 2 is 2.20 bits per heavy atom. The summed E-state index contributed by atoms with van der Waals surface area (Å²) in [4.78, 5) is 31.5. The summed E-state index contributed by atoms with van der Waals surface area (Å²) in [6, 6.07) is 0. The van der Waals surface area contributed by atoms with E-state index in [4.69, 9.17) is 5.11 Å². The van der Waals surface area contributed by atoms with Crippen LogP contribution in [0.2, 0.25) is 0 Å². The summed E-state index contributed by atoms with van der Waals surface area (Å²) < 4.78 is 0. The van der Waals surface area contributed by atoms with E-state index in [-0.39, 0.29) is 10.9 Å². The zero-order valence-electron chi connectivity index (χ0n) is 5.16. The van der Waals surface area contributed by atoms with Crippen molar-refractivity contribution >= 4 is 28.6 Å². The first-order chi connectivity index (χ1) is 4.63. The average Bonchev–Trinajstić information content (AvgIpc) is 2.11. The number of carboxylic acid groups (broad SMARTS) is 1. The highest BCUT2D eigenvalue weighted by Gasteiger charge is 2.36. The summed E-state index contributed by atoms with van der Waals surface area (Å²) in [7, 11) is 0. The van der Waals surface area contributed by atoms with Gasteiger partial charge in [0.05, 0.1) is 0 Å². The van der Waals surface area contributed by atoms with Crippen LogP contribution in [-0.2, 0) is 14.4 Å². The maximum atomic E-state index is 10.7. The molecule has 1 aliphatic heterocycles. The van der Waals surface area contributed by atoms with E-state index in [1.807, 2.05) is 0 Å². The van der Waals surface area contributed by atoms with E-state index in [0.717, 1.165) is 0 Å². The van der Waals surface area contributed by atoms with Crippen molar-refractivity contribution in [3.63, 3.8) is 0 Å². The zero-order valence-corrected chi connectivity index (χ0v) is 6.58. The Bertz CT molecular complexity index is 194. The van der Waals surface area contributed by atoms with Crippen LogP contribution in [0.5, 0.6) is 0 Å². The number of Topliss-reactive ketones (excluding diaryl/α,β-unsaturated/α-hetero) is 1. The molecular weight excluding hydrogens is 156 g/mol. The molecule has 1 atom stereocenters. The van der Waals surface area contributed by atoms with Crippen molar-refractivity contribution in [3.05, 3.63) is 0 Å². The van der Waals surface area contributed by atoms with Gasteiger partial charge in [0, 0.05) is 5.75 Å². The van der Waals surface area contributed by atoms with Crippen molar-refractivity contribution in [2.45, 2.75) is 0 Å². The average molecular weight is 164 g/mol. The molecule has 1 saturated heterocycles. The van der Waals surface area contributed by atoms with Crippen LogP contribution in [0, 0.1) is 5.92 Å². The number of carbonyl (C=O) groups excluding carboxylic acids is 2. The summed E-state index contributed by atoms with van der Waals surface area (Å²) >= 11 is -1.04. The first-order valence-electron chi connectivity index (χ1n) is 2.91. The van der Waals surface area contributed by atoms with E-state index in [2.05, 4.69) is 0 Å². The number of carbonyl (C=O) groups is 3. The second-order valence-electron chi connectivity index (χ2n) is 2.20. The summed E-state index contributed by atoms with van der Waals surface area (Å²) in [6.07, 6.45) is 0. The van der Waals surface area contributed by atoms with Crippen LogP contribution in [-0.4, -0.2) is 27.7 Å². The lowest BCUT2D eigenvalue weighted by Crippen LogP contribution is -2.24. The van der Waals surface area contributed by atoms with Crippen LogP contribution >= 0.6 is 11.8 Å². The molecule has 0 aromatic heterocycles. The molecule has 4 nitrogen and oxygen atoms in total. The highest BCUT2D eigenvalue weighted by atomic mass is 32.2. The minimum Gasteiger partial charge on any atom is -0.480 e. The molecule has 1 heterocycles. The molecule has 1 N–H and O–H groups in total. The number of hydrogen-bond acceptors (Lipinski definition) is 3. The monoisotopic (exact) mass is 164 g/mol. The van der Waals surface area contributed by atoms with Crippen molar-refractivity contribution in [3.8, 4) is 0 Å². The smallest absolute Gasteiger partial charge is 0.322 e. The molecule has 0 saturated carbocycles. The third-order valence-electron chi connectivity index (χ3n) is 1.51. The fourth-order valence-electron chi connectivity index (χ4n) is 0.990. The molecule has 1 unspecified atom stereocenters. The van der Waals surface area contributed by atoms with Crippen LogP contribution in [0.15, 0.2) is 0 Å². The highest BCUT2D eigenvalue weighted by Crippen LogP contribution is 2.22. The third kappa shape index (κ3) is 1.04. The van der Waals surface area contributed by atoms with Gasteiger partial charge in [0.15, 0.2) is 16.8 Å². The molecule has 1 rings (SSSR count). The number of ketones is 1. The summed E-state index contributed by atoms with van der Waals surface area (Å²) in [5.41, 5.74) is 0. The normalized spacial score (nSPS) is 26.2. The van der Waals surface area contributed by atoms with Crippen molar-refractivity contribution < 1.29 is 19.5 Å². The van der Waals surface area contributed by atoms with Crippen LogP contribution in [0.25, 0.3) is 0 Å². The molecule has 5 heteroatoms. The number of rotatable bonds is 1. The molecule has 10 heavy (non-hydrogen) atoms. The molecule has 0 spiro atoms. The predicted molar refractivity (Wildman–Crippen MR) is 39.2 cm³/mol. The molecule has 0 aromatic carbocycles. The Morgan fingerprint density at radius 3 is 2.40 bits per heavy atom. The van der Waals surface area contributed by atoms with Crippen LogP contribution in [0.1, 0.15) is 0 Å². The minimum absolute atomic E-state index is 0.232. The van der Waals surface area contributed by atoms with Gasteiger partial charge in [0.2, 0.25) is 0 Å². The zero-order chi connectivity index (χ0) is 7.72. The molecule has 0 radical (unpaired) electrons. The van der Waals surface area contributed by atoms with Gasteiger partial charge in [-0.2, -0.15) is 0 Å². The first kappa shape index (κ1) is 7.27. The second kappa shape index (κ2) is 2.42. The van der Waals surface area contributed by atoms with Crippen LogP contribution < -0.4 is 0 Å². The van der Waals surface area contributed by atoms with Gasteiger partial charge in [0.25, 0.3) is 0 Å². The SMILES string of the molecule is O=C(O)C1C(=O)C[SH4]C1=O. The van der Waals surface area contributed by atoms with Crippen molar-refractivity contribution in [1.82, 2.24) is 0 Å². The van der Waals surface area contributed by atoms with Gasteiger partial charge < -0.3 is 5.11 Å². The summed E-state index contributed by atoms with van der Waals surface area (Å²) in [6.45, 7) is 0. The van der Waals surface area contributed by atoms with Gasteiger partial charge in [-0.1, -0.05) is 0 Å². The van der Waals surface area contributed by atoms with E-state index in [1.165, 1.54) is 0 Å². The van der Waals surface area contributed by atoms with Gasteiger partial charge in [-0.15, -0.1) is 0 Å². The van der Waals surface area contributed by atoms with E-state index in [1.54, 1.807) is 0 Å².